The zero-order valence-corrected chi connectivity index (χ0v) is 11.4. The van der Waals surface area contributed by atoms with Crippen LogP contribution in [0, 0.1) is 0 Å². The molecule has 0 bridgehead atoms. The fraction of sp³-hybridized carbons (Fsp3) is 0.333. The Morgan fingerprint density at radius 1 is 1.24 bits per heavy atom. The average molecular weight is 300 g/mol. The molecule has 5 heteroatoms. The van der Waals surface area contributed by atoms with Gasteiger partial charge >= 0.3 is 5.97 Å². The smallest absolute Gasteiger partial charge is 0.305 e. The van der Waals surface area contributed by atoms with Crippen LogP contribution < -0.4 is 0 Å². The molecule has 0 amide bonds. The lowest BCUT2D eigenvalue weighted by atomic mass is 10.1. The first kappa shape index (κ1) is 13.7. The molecule has 0 spiro atoms. The van der Waals surface area contributed by atoms with E-state index in [1.807, 2.05) is 24.3 Å². The Hall–Kier alpha value is -1.36. The number of carbonyl (C=O) groups excluding carboxylic acids is 1. The molecule has 1 aromatic rings. The van der Waals surface area contributed by atoms with Crippen molar-refractivity contribution in [2.75, 3.05) is 14.2 Å². The van der Waals surface area contributed by atoms with Crippen molar-refractivity contribution >= 4 is 27.6 Å². The van der Waals surface area contributed by atoms with Crippen LogP contribution in [0.25, 0.3) is 0 Å². The first-order chi connectivity index (χ1) is 8.17. The fourth-order valence-corrected chi connectivity index (χ4v) is 1.58. The predicted molar refractivity (Wildman–Crippen MR) is 68.9 cm³/mol. The molecule has 1 aromatic carbocycles. The van der Waals surface area contributed by atoms with Gasteiger partial charge in [0, 0.05) is 10.9 Å². The summed E-state index contributed by atoms with van der Waals surface area (Å²) in [7, 11) is 2.85. The fourth-order valence-electron chi connectivity index (χ4n) is 1.32. The van der Waals surface area contributed by atoms with Crippen LogP contribution in [0.4, 0.5) is 0 Å². The van der Waals surface area contributed by atoms with E-state index >= 15 is 0 Å². The van der Waals surface area contributed by atoms with Crippen LogP contribution in [-0.2, 0) is 14.4 Å². The topological polar surface area (TPSA) is 47.9 Å². The highest BCUT2D eigenvalue weighted by atomic mass is 79.9. The molecule has 17 heavy (non-hydrogen) atoms. The number of ether oxygens (including phenoxy) is 1. The highest BCUT2D eigenvalue weighted by Crippen LogP contribution is 2.13. The number of oxime groups is 1. The summed E-state index contributed by atoms with van der Waals surface area (Å²) >= 11 is 3.36. The van der Waals surface area contributed by atoms with Crippen molar-refractivity contribution in [3.05, 3.63) is 34.3 Å². The number of methoxy groups -OCH3 is 1. The second-order valence-electron chi connectivity index (χ2n) is 3.30. The minimum absolute atomic E-state index is 0.258. The summed E-state index contributed by atoms with van der Waals surface area (Å²) in [4.78, 5) is 15.9. The van der Waals surface area contributed by atoms with Crippen LogP contribution in [0.5, 0.6) is 0 Å². The van der Waals surface area contributed by atoms with E-state index in [1.54, 1.807) is 0 Å². The largest absolute Gasteiger partial charge is 0.469 e. The lowest BCUT2D eigenvalue weighted by Gasteiger charge is -2.05. The number of halogens is 1. The molecule has 0 aliphatic carbocycles. The minimum Gasteiger partial charge on any atom is -0.469 e. The summed E-state index contributed by atoms with van der Waals surface area (Å²) in [5.41, 5.74) is 1.66. The number of nitrogens with zero attached hydrogens (tertiary/aromatic N) is 1. The quantitative estimate of drug-likeness (QED) is 0.477. The molecule has 0 saturated heterocycles. The van der Waals surface area contributed by atoms with Crippen LogP contribution in [0.3, 0.4) is 0 Å². The summed E-state index contributed by atoms with van der Waals surface area (Å²) in [6.07, 6.45) is 0.775. The van der Waals surface area contributed by atoms with Gasteiger partial charge in [0.2, 0.25) is 0 Å². The minimum atomic E-state index is -0.258. The van der Waals surface area contributed by atoms with Crippen LogP contribution in [0.1, 0.15) is 18.4 Å². The van der Waals surface area contributed by atoms with Crippen LogP contribution in [0.15, 0.2) is 33.9 Å². The van der Waals surface area contributed by atoms with Gasteiger partial charge in [0.15, 0.2) is 0 Å². The number of rotatable bonds is 5. The van der Waals surface area contributed by atoms with Gasteiger partial charge in [-0.2, -0.15) is 0 Å². The van der Waals surface area contributed by atoms with Gasteiger partial charge in [0.25, 0.3) is 0 Å². The second-order valence-corrected chi connectivity index (χ2v) is 4.22. The van der Waals surface area contributed by atoms with Gasteiger partial charge in [-0.05, 0) is 17.7 Å². The Kier molecular flexibility index (Phi) is 5.69. The molecule has 0 saturated carbocycles. The van der Waals surface area contributed by atoms with Crippen molar-refractivity contribution in [2.24, 2.45) is 5.16 Å². The third-order valence-corrected chi connectivity index (χ3v) is 2.70. The normalized spacial score (nSPS) is 11.1. The monoisotopic (exact) mass is 299 g/mol. The van der Waals surface area contributed by atoms with Crippen molar-refractivity contribution in [1.29, 1.82) is 0 Å². The van der Waals surface area contributed by atoms with Gasteiger partial charge in [-0.15, -0.1) is 0 Å². The van der Waals surface area contributed by atoms with Crippen molar-refractivity contribution in [3.63, 3.8) is 0 Å². The number of hydrogen-bond acceptors (Lipinski definition) is 4. The van der Waals surface area contributed by atoms with Gasteiger partial charge < -0.3 is 9.57 Å². The van der Waals surface area contributed by atoms with Gasteiger partial charge in [0.1, 0.15) is 7.11 Å². The third kappa shape index (κ3) is 4.56. The molecule has 0 aromatic heterocycles. The van der Waals surface area contributed by atoms with Gasteiger partial charge in [0.05, 0.1) is 19.2 Å². The molecule has 1 rings (SSSR count). The van der Waals surface area contributed by atoms with E-state index in [-0.39, 0.29) is 12.4 Å². The average Bonchev–Trinajstić information content (AvgIpc) is 2.35. The number of benzene rings is 1. The summed E-state index contributed by atoms with van der Waals surface area (Å²) in [6.45, 7) is 0. The Balaban J connectivity index is 2.76. The molecule has 0 N–H and O–H groups in total. The summed E-state index contributed by atoms with van der Waals surface area (Å²) < 4.78 is 5.58. The molecule has 0 radical (unpaired) electrons. The van der Waals surface area contributed by atoms with E-state index in [2.05, 4.69) is 25.8 Å². The Labute approximate surface area is 109 Å². The van der Waals surface area contributed by atoms with E-state index < -0.39 is 0 Å². The lowest BCUT2D eigenvalue weighted by molar-refractivity contribution is -0.140. The molecular weight excluding hydrogens is 286 g/mol. The number of hydrogen-bond donors (Lipinski definition) is 0. The van der Waals surface area contributed by atoms with Crippen molar-refractivity contribution in [1.82, 2.24) is 0 Å². The van der Waals surface area contributed by atoms with Crippen LogP contribution >= 0.6 is 15.9 Å². The molecule has 92 valence electrons. The van der Waals surface area contributed by atoms with Crippen LogP contribution in [0.2, 0.25) is 0 Å². The molecule has 0 fully saturated rings. The van der Waals surface area contributed by atoms with E-state index in [9.17, 15) is 4.79 Å². The van der Waals surface area contributed by atoms with E-state index in [4.69, 9.17) is 4.84 Å². The number of carbonyl (C=O) groups is 1. The molecule has 0 heterocycles. The highest BCUT2D eigenvalue weighted by Gasteiger charge is 2.08. The zero-order valence-electron chi connectivity index (χ0n) is 9.77. The van der Waals surface area contributed by atoms with Gasteiger partial charge in [-0.3, -0.25) is 4.79 Å². The summed E-state index contributed by atoms with van der Waals surface area (Å²) in [5, 5.41) is 3.92. The maximum absolute atomic E-state index is 11.1. The second kappa shape index (κ2) is 7.06. The molecule has 0 atom stereocenters. The maximum Gasteiger partial charge on any atom is 0.305 e. The standard InChI is InChI=1S/C12H14BrNO3/c1-16-12(15)8-7-11(14-17-2)9-3-5-10(13)6-4-9/h3-6H,7-8H2,1-2H3. The highest BCUT2D eigenvalue weighted by molar-refractivity contribution is 9.10. The third-order valence-electron chi connectivity index (χ3n) is 2.17. The number of esters is 1. The van der Waals surface area contributed by atoms with E-state index in [1.165, 1.54) is 14.2 Å². The zero-order chi connectivity index (χ0) is 12.7. The molecule has 4 nitrogen and oxygen atoms in total. The van der Waals surface area contributed by atoms with Crippen molar-refractivity contribution in [3.8, 4) is 0 Å². The SMILES string of the molecule is CON=C(CCC(=O)OC)c1ccc(Br)cc1. The Bertz CT molecular complexity index is 401. The molecule has 0 aliphatic rings. The lowest BCUT2D eigenvalue weighted by Crippen LogP contribution is -2.07. The summed E-state index contributed by atoms with van der Waals surface area (Å²) in [5.74, 6) is -0.258. The van der Waals surface area contributed by atoms with E-state index in [0.29, 0.717) is 6.42 Å². The molecular formula is C12H14BrNO3. The van der Waals surface area contributed by atoms with Crippen LogP contribution in [-0.4, -0.2) is 25.9 Å². The van der Waals surface area contributed by atoms with E-state index in [0.717, 1.165) is 15.7 Å². The van der Waals surface area contributed by atoms with Crippen molar-refractivity contribution in [2.45, 2.75) is 12.8 Å². The first-order valence-corrected chi connectivity index (χ1v) is 5.89. The maximum atomic E-state index is 11.1. The summed E-state index contributed by atoms with van der Waals surface area (Å²) in [6, 6.07) is 7.66. The molecule has 0 aliphatic heterocycles. The molecule has 0 unspecified atom stereocenters. The van der Waals surface area contributed by atoms with Crippen molar-refractivity contribution < 1.29 is 14.4 Å². The van der Waals surface area contributed by atoms with Gasteiger partial charge in [-0.1, -0.05) is 33.2 Å². The van der Waals surface area contributed by atoms with Gasteiger partial charge in [-0.25, -0.2) is 0 Å². The first-order valence-electron chi connectivity index (χ1n) is 5.10. The Morgan fingerprint density at radius 3 is 2.41 bits per heavy atom. The Morgan fingerprint density at radius 2 is 1.88 bits per heavy atom. The predicted octanol–water partition coefficient (Wildman–Crippen LogP) is 2.75.